The summed E-state index contributed by atoms with van der Waals surface area (Å²) >= 11 is 0. The van der Waals surface area contributed by atoms with E-state index < -0.39 is 11.6 Å². The molecule has 1 rings (SSSR count). The average Bonchev–Trinajstić information content (AvgIpc) is 2.23. The molecule has 0 aliphatic rings. The number of halogens is 2. The van der Waals surface area contributed by atoms with Crippen molar-refractivity contribution in [2.45, 2.75) is 19.3 Å². The fourth-order valence-electron chi connectivity index (χ4n) is 1.41. The predicted octanol–water partition coefficient (Wildman–Crippen LogP) is 2.25. The highest BCUT2D eigenvalue weighted by Gasteiger charge is 2.10. The number of ether oxygens (including phenoxy) is 1. The van der Waals surface area contributed by atoms with E-state index in [9.17, 15) is 8.78 Å². The molecule has 0 saturated carbocycles. The minimum absolute atomic E-state index is 0.0438. The van der Waals surface area contributed by atoms with Crippen LogP contribution in [0.25, 0.3) is 0 Å². The number of rotatable bonds is 5. The van der Waals surface area contributed by atoms with Gasteiger partial charge in [0, 0.05) is 6.07 Å². The Bertz CT molecular complexity index is 329. The van der Waals surface area contributed by atoms with Crippen molar-refractivity contribution < 1.29 is 13.5 Å². The van der Waals surface area contributed by atoms with Crippen LogP contribution < -0.4 is 10.5 Å². The Hall–Kier alpha value is -1.16. The van der Waals surface area contributed by atoms with Crippen LogP contribution in [0.3, 0.4) is 0 Å². The largest absolute Gasteiger partial charge is 0.494 e. The molecule has 0 atom stereocenters. The first-order chi connectivity index (χ1) is 7.19. The van der Waals surface area contributed by atoms with E-state index in [1.165, 1.54) is 13.2 Å². The number of hydrogen-bond acceptors (Lipinski definition) is 2. The average molecular weight is 215 g/mol. The van der Waals surface area contributed by atoms with E-state index in [1.807, 2.05) is 0 Å². The molecule has 84 valence electrons. The van der Waals surface area contributed by atoms with Gasteiger partial charge in [0.1, 0.15) is 5.82 Å². The molecule has 2 N–H and O–H groups in total. The fraction of sp³-hybridized carbons (Fsp3) is 0.455. The monoisotopic (exact) mass is 215 g/mol. The van der Waals surface area contributed by atoms with Gasteiger partial charge in [0.2, 0.25) is 0 Å². The summed E-state index contributed by atoms with van der Waals surface area (Å²) in [6.07, 6.45) is 2.04. The number of aryl methyl sites for hydroxylation is 1. The lowest BCUT2D eigenvalue weighted by Gasteiger charge is -2.07. The minimum atomic E-state index is -0.476. The molecule has 0 aromatic heterocycles. The number of methoxy groups -OCH3 is 1. The summed E-state index contributed by atoms with van der Waals surface area (Å²) in [5.41, 5.74) is 5.67. The second kappa shape index (κ2) is 5.66. The second-order valence-electron chi connectivity index (χ2n) is 3.33. The molecule has 15 heavy (non-hydrogen) atoms. The van der Waals surface area contributed by atoms with Gasteiger partial charge in [0.05, 0.1) is 7.11 Å². The van der Waals surface area contributed by atoms with Crippen LogP contribution in [0.1, 0.15) is 18.4 Å². The Morgan fingerprint density at radius 3 is 2.60 bits per heavy atom. The molecule has 0 amide bonds. The lowest BCUT2D eigenvalue weighted by molar-refractivity contribution is 0.379. The molecule has 0 radical (unpaired) electrons. The van der Waals surface area contributed by atoms with Crippen LogP contribution in [-0.2, 0) is 6.42 Å². The van der Waals surface area contributed by atoms with Gasteiger partial charge in [-0.2, -0.15) is 0 Å². The van der Waals surface area contributed by atoms with Crippen molar-refractivity contribution in [1.82, 2.24) is 0 Å². The summed E-state index contributed by atoms with van der Waals surface area (Å²) in [4.78, 5) is 0. The molecule has 4 heteroatoms. The topological polar surface area (TPSA) is 35.2 Å². The van der Waals surface area contributed by atoms with Crippen LogP contribution in [0.2, 0.25) is 0 Å². The maximum Gasteiger partial charge on any atom is 0.168 e. The Morgan fingerprint density at radius 1 is 1.27 bits per heavy atom. The minimum Gasteiger partial charge on any atom is -0.494 e. The third kappa shape index (κ3) is 3.16. The van der Waals surface area contributed by atoms with Gasteiger partial charge in [0.25, 0.3) is 0 Å². The van der Waals surface area contributed by atoms with Gasteiger partial charge in [0.15, 0.2) is 11.6 Å². The van der Waals surface area contributed by atoms with Crippen molar-refractivity contribution >= 4 is 0 Å². The maximum atomic E-state index is 13.6. The molecule has 1 aromatic carbocycles. The van der Waals surface area contributed by atoms with Crippen molar-refractivity contribution in [3.8, 4) is 5.75 Å². The van der Waals surface area contributed by atoms with Gasteiger partial charge in [-0.15, -0.1) is 0 Å². The van der Waals surface area contributed by atoms with Crippen LogP contribution in [0.5, 0.6) is 5.75 Å². The summed E-state index contributed by atoms with van der Waals surface area (Å²) in [5, 5.41) is 0. The first kappa shape index (κ1) is 11.9. The number of nitrogens with two attached hydrogens (primary N) is 1. The first-order valence-electron chi connectivity index (χ1n) is 4.91. The predicted molar refractivity (Wildman–Crippen MR) is 54.9 cm³/mol. The fourth-order valence-corrected chi connectivity index (χ4v) is 1.41. The molecule has 0 heterocycles. The highest BCUT2D eigenvalue weighted by atomic mass is 19.1. The molecule has 0 saturated heterocycles. The lowest BCUT2D eigenvalue weighted by atomic mass is 10.1. The van der Waals surface area contributed by atoms with Gasteiger partial charge in [-0.1, -0.05) is 0 Å². The lowest BCUT2D eigenvalue weighted by Crippen LogP contribution is -2.01. The van der Waals surface area contributed by atoms with Gasteiger partial charge >= 0.3 is 0 Å². The van der Waals surface area contributed by atoms with Crippen molar-refractivity contribution in [3.05, 3.63) is 29.3 Å². The van der Waals surface area contributed by atoms with E-state index >= 15 is 0 Å². The quantitative estimate of drug-likeness (QED) is 0.764. The van der Waals surface area contributed by atoms with Crippen molar-refractivity contribution in [1.29, 1.82) is 0 Å². The molecule has 1 aromatic rings. The normalized spacial score (nSPS) is 10.4. The molecule has 0 unspecified atom stereocenters. The van der Waals surface area contributed by atoms with Gasteiger partial charge < -0.3 is 10.5 Å². The highest BCUT2D eigenvalue weighted by Crippen LogP contribution is 2.23. The summed E-state index contributed by atoms with van der Waals surface area (Å²) in [7, 11) is 1.32. The van der Waals surface area contributed by atoms with Gasteiger partial charge in [-0.3, -0.25) is 0 Å². The molecule has 0 aliphatic heterocycles. The van der Waals surface area contributed by atoms with E-state index in [2.05, 4.69) is 0 Å². The van der Waals surface area contributed by atoms with E-state index in [1.54, 1.807) is 0 Å². The summed E-state index contributed by atoms with van der Waals surface area (Å²) in [6, 6.07) is 2.25. The molecule has 0 bridgehead atoms. The Labute approximate surface area is 88.0 Å². The third-order valence-corrected chi connectivity index (χ3v) is 2.20. The van der Waals surface area contributed by atoms with Crippen molar-refractivity contribution in [3.63, 3.8) is 0 Å². The highest BCUT2D eigenvalue weighted by molar-refractivity contribution is 5.32. The van der Waals surface area contributed by atoms with E-state index in [0.29, 0.717) is 18.5 Å². The van der Waals surface area contributed by atoms with E-state index in [4.69, 9.17) is 10.5 Å². The van der Waals surface area contributed by atoms with Gasteiger partial charge in [-0.05, 0) is 37.4 Å². The third-order valence-electron chi connectivity index (χ3n) is 2.20. The maximum absolute atomic E-state index is 13.6. The Balaban J connectivity index is 2.81. The zero-order valence-electron chi connectivity index (χ0n) is 8.72. The number of hydrogen-bond donors (Lipinski definition) is 1. The zero-order valence-corrected chi connectivity index (χ0v) is 8.72. The standard InChI is InChI=1S/C11H15F2NO/c1-15-10-7-9(12)6-8(11(10)13)4-2-3-5-14/h6-7H,2-5,14H2,1H3. The zero-order chi connectivity index (χ0) is 11.3. The first-order valence-corrected chi connectivity index (χ1v) is 4.91. The Kier molecular flexibility index (Phi) is 4.49. The second-order valence-corrected chi connectivity index (χ2v) is 3.33. The Morgan fingerprint density at radius 2 is 2.00 bits per heavy atom. The summed E-state index contributed by atoms with van der Waals surface area (Å²) < 4.78 is 31.3. The molecule has 0 fully saturated rings. The van der Waals surface area contributed by atoms with Crippen molar-refractivity contribution in [2.24, 2.45) is 5.73 Å². The smallest absolute Gasteiger partial charge is 0.168 e. The molecular weight excluding hydrogens is 200 g/mol. The molecule has 0 aliphatic carbocycles. The SMILES string of the molecule is COc1cc(F)cc(CCCCN)c1F. The van der Waals surface area contributed by atoms with Crippen LogP contribution >= 0.6 is 0 Å². The molecule has 0 spiro atoms. The van der Waals surface area contributed by atoms with Crippen LogP contribution in [-0.4, -0.2) is 13.7 Å². The summed E-state index contributed by atoms with van der Waals surface area (Å²) in [5.74, 6) is -0.996. The summed E-state index contributed by atoms with van der Waals surface area (Å²) in [6.45, 7) is 0.564. The number of unbranched alkanes of at least 4 members (excludes halogenated alkanes) is 1. The molecular formula is C11H15F2NO. The van der Waals surface area contributed by atoms with Gasteiger partial charge in [-0.25, -0.2) is 8.78 Å². The van der Waals surface area contributed by atoms with Crippen molar-refractivity contribution in [2.75, 3.05) is 13.7 Å². The number of benzene rings is 1. The van der Waals surface area contributed by atoms with Crippen LogP contribution in [0.4, 0.5) is 8.78 Å². The van der Waals surface area contributed by atoms with E-state index in [0.717, 1.165) is 18.9 Å². The van der Waals surface area contributed by atoms with Crippen LogP contribution in [0.15, 0.2) is 12.1 Å². The van der Waals surface area contributed by atoms with E-state index in [-0.39, 0.29) is 5.75 Å². The van der Waals surface area contributed by atoms with Crippen LogP contribution in [0, 0.1) is 11.6 Å². The molecule has 2 nitrogen and oxygen atoms in total.